The Morgan fingerprint density at radius 2 is 1.69 bits per heavy atom. The van der Waals surface area contributed by atoms with E-state index in [1.807, 2.05) is 24.0 Å². The molecule has 8 nitrogen and oxygen atoms in total. The Labute approximate surface area is 285 Å². The van der Waals surface area contributed by atoms with Gasteiger partial charge in [-0.1, -0.05) is 31.0 Å². The number of piperidine rings is 1. The minimum atomic E-state index is -4.56. The van der Waals surface area contributed by atoms with Gasteiger partial charge in [0.2, 0.25) is 5.67 Å². The van der Waals surface area contributed by atoms with Crippen LogP contribution in [0.3, 0.4) is 0 Å². The molecule has 4 fully saturated rings. The van der Waals surface area contributed by atoms with Crippen LogP contribution in [0.15, 0.2) is 42.5 Å². The van der Waals surface area contributed by atoms with Crippen LogP contribution >= 0.6 is 0 Å². The summed E-state index contributed by atoms with van der Waals surface area (Å²) in [5.41, 5.74) is -1.22. The minimum absolute atomic E-state index is 0.0141. The average molecular weight is 690 g/mol. The highest BCUT2D eigenvalue weighted by molar-refractivity contribution is 5.88. The largest absolute Gasteiger partial charge is 0.497 e. The van der Waals surface area contributed by atoms with Crippen LogP contribution in [-0.2, 0) is 20.5 Å². The second-order valence-electron chi connectivity index (χ2n) is 14.1. The molecule has 0 bridgehead atoms. The van der Waals surface area contributed by atoms with E-state index in [1.165, 1.54) is 6.07 Å². The first-order valence-electron chi connectivity index (χ1n) is 17.6. The number of alkyl halides is 4. The van der Waals surface area contributed by atoms with Crippen molar-refractivity contribution in [2.75, 3.05) is 57.9 Å². The van der Waals surface area contributed by atoms with Crippen LogP contribution in [0.5, 0.6) is 5.75 Å². The van der Waals surface area contributed by atoms with Gasteiger partial charge in [0, 0.05) is 62.9 Å². The molecule has 3 heterocycles. The zero-order chi connectivity index (χ0) is 34.9. The average Bonchev–Trinajstić information content (AvgIpc) is 3.86. The molecule has 1 saturated carbocycles. The van der Waals surface area contributed by atoms with Crippen molar-refractivity contribution in [3.63, 3.8) is 0 Å². The van der Waals surface area contributed by atoms with E-state index in [4.69, 9.17) is 9.47 Å². The lowest BCUT2D eigenvalue weighted by Crippen LogP contribution is -2.53. The molecule has 6 rings (SSSR count). The Kier molecular flexibility index (Phi) is 10.5. The van der Waals surface area contributed by atoms with E-state index in [9.17, 15) is 27.9 Å². The van der Waals surface area contributed by atoms with Crippen LogP contribution in [0.4, 0.5) is 23.2 Å². The van der Waals surface area contributed by atoms with Gasteiger partial charge in [-0.25, -0.2) is 4.39 Å². The fourth-order valence-corrected chi connectivity index (χ4v) is 8.57. The number of likely N-dealkylation sites (tertiary alicyclic amines) is 2. The van der Waals surface area contributed by atoms with E-state index in [-0.39, 0.29) is 31.7 Å². The van der Waals surface area contributed by atoms with Crippen molar-refractivity contribution in [3.05, 3.63) is 59.2 Å². The second kappa shape index (κ2) is 14.5. The van der Waals surface area contributed by atoms with Crippen LogP contribution in [-0.4, -0.2) is 97.6 Å². The number of aliphatic carboxylic acids is 1. The Morgan fingerprint density at radius 3 is 2.31 bits per heavy atom. The summed E-state index contributed by atoms with van der Waals surface area (Å²) in [6.45, 7) is 3.59. The lowest BCUT2D eigenvalue weighted by Gasteiger charge is -2.35. The number of rotatable bonds is 10. The molecule has 49 heavy (non-hydrogen) atoms. The van der Waals surface area contributed by atoms with E-state index in [0.717, 1.165) is 43.4 Å². The summed E-state index contributed by atoms with van der Waals surface area (Å²) in [5, 5.41) is 9.50. The van der Waals surface area contributed by atoms with Gasteiger partial charge in [0.15, 0.2) is 0 Å². The first kappa shape index (κ1) is 35.4. The van der Waals surface area contributed by atoms with Gasteiger partial charge < -0.3 is 24.4 Å². The van der Waals surface area contributed by atoms with E-state index in [1.54, 1.807) is 24.1 Å². The molecule has 2 aromatic rings. The maximum atomic E-state index is 17.8. The van der Waals surface area contributed by atoms with Crippen molar-refractivity contribution < 1.29 is 41.7 Å². The quantitative estimate of drug-likeness (QED) is 0.286. The summed E-state index contributed by atoms with van der Waals surface area (Å²) in [4.78, 5) is 31.8. The predicted molar refractivity (Wildman–Crippen MR) is 177 cm³/mol. The van der Waals surface area contributed by atoms with Gasteiger partial charge in [-0.05, 0) is 74.4 Å². The molecule has 2 aromatic carbocycles. The molecule has 0 unspecified atom stereocenters. The molecular formula is C37H47F4N3O5. The van der Waals surface area contributed by atoms with Gasteiger partial charge in [-0.3, -0.25) is 14.5 Å². The molecule has 1 amide bonds. The number of hydrogen-bond acceptors (Lipinski definition) is 6. The van der Waals surface area contributed by atoms with E-state index >= 15 is 4.39 Å². The highest BCUT2D eigenvalue weighted by Crippen LogP contribution is 2.47. The molecule has 1 aliphatic carbocycles. The van der Waals surface area contributed by atoms with Crippen molar-refractivity contribution in [1.82, 2.24) is 9.80 Å². The number of carboxylic acids is 1. The molecule has 3 aliphatic heterocycles. The Bertz CT molecular complexity index is 1480. The van der Waals surface area contributed by atoms with E-state index in [2.05, 4.69) is 4.90 Å². The van der Waals surface area contributed by atoms with Crippen molar-refractivity contribution in [1.29, 1.82) is 0 Å². The van der Waals surface area contributed by atoms with Gasteiger partial charge in [0.05, 0.1) is 31.2 Å². The van der Waals surface area contributed by atoms with Crippen LogP contribution in [0, 0.1) is 5.92 Å². The number of carbonyl (C=O) groups is 2. The third-order valence-electron chi connectivity index (χ3n) is 11.3. The maximum absolute atomic E-state index is 17.8. The number of carbonyl (C=O) groups excluding carboxylic acids is 1. The Balaban J connectivity index is 1.32. The number of ether oxygens (including phenoxy) is 2. The van der Waals surface area contributed by atoms with E-state index < -0.39 is 47.2 Å². The minimum Gasteiger partial charge on any atom is -0.497 e. The SMILES string of the molecule is CCOC[C@@H]1C[C@@H](c2ccc(C(F)(F)F)cc2N2CCC(C(=O)O)CC2)CN1C(=O)[C@]1(F)CN(C2CCCC2)C[C@H]1c1ccc(OC)cc1. The molecular weight excluding hydrogens is 642 g/mol. The zero-order valence-electron chi connectivity index (χ0n) is 28.3. The number of halogens is 4. The summed E-state index contributed by atoms with van der Waals surface area (Å²) in [6, 6.07) is 10.7. The van der Waals surface area contributed by atoms with Crippen molar-refractivity contribution in [3.8, 4) is 5.75 Å². The number of carboxylic acid groups (broad SMARTS) is 1. The van der Waals surface area contributed by atoms with Gasteiger partial charge >= 0.3 is 12.1 Å². The molecule has 0 spiro atoms. The molecule has 3 saturated heterocycles. The van der Waals surface area contributed by atoms with E-state index in [0.29, 0.717) is 62.5 Å². The smallest absolute Gasteiger partial charge is 0.416 e. The number of nitrogens with zero attached hydrogens (tertiary/aromatic N) is 3. The number of anilines is 1. The molecule has 12 heteroatoms. The highest BCUT2D eigenvalue weighted by Gasteiger charge is 2.58. The fourth-order valence-electron chi connectivity index (χ4n) is 8.57. The first-order valence-corrected chi connectivity index (χ1v) is 17.6. The molecule has 1 N–H and O–H groups in total. The summed E-state index contributed by atoms with van der Waals surface area (Å²) >= 11 is 0. The van der Waals surface area contributed by atoms with Crippen LogP contribution < -0.4 is 9.64 Å². The number of benzene rings is 2. The topological polar surface area (TPSA) is 82.5 Å². The standard InChI is InChI=1S/C37H47F4N3O5/c1-3-49-22-29-18-26(31-13-10-27(37(39,40)41)19-33(31)42-16-14-25(15-17-42)34(45)46)20-44(29)35(47)36(38)23-43(28-6-4-5-7-28)21-32(36)24-8-11-30(48-2)12-9-24/h8-13,19,25-26,28-29,32H,3-7,14-18,20-23H2,1-2H3,(H,45,46)/t26-,29+,32+,36+/m1/s1. The third-order valence-corrected chi connectivity index (χ3v) is 11.3. The zero-order valence-corrected chi connectivity index (χ0v) is 28.3. The maximum Gasteiger partial charge on any atom is 0.416 e. The van der Waals surface area contributed by atoms with Crippen LogP contribution in [0.2, 0.25) is 0 Å². The Hall–Kier alpha value is -3.38. The summed E-state index contributed by atoms with van der Waals surface area (Å²) in [7, 11) is 1.57. The van der Waals surface area contributed by atoms with Crippen LogP contribution in [0.25, 0.3) is 0 Å². The third kappa shape index (κ3) is 7.27. The summed E-state index contributed by atoms with van der Waals surface area (Å²) in [5.74, 6) is -2.47. The van der Waals surface area contributed by atoms with Gasteiger partial charge in [-0.15, -0.1) is 0 Å². The lowest BCUT2D eigenvalue weighted by molar-refractivity contribution is -0.146. The normalized spacial score (nSPS) is 27.3. The number of methoxy groups -OCH3 is 1. The Morgan fingerprint density at radius 1 is 1.00 bits per heavy atom. The molecule has 0 radical (unpaired) electrons. The molecule has 4 atom stereocenters. The van der Waals surface area contributed by atoms with Crippen molar-refractivity contribution in [2.45, 2.75) is 87.6 Å². The predicted octanol–water partition coefficient (Wildman–Crippen LogP) is 6.49. The number of hydrogen-bond donors (Lipinski definition) is 1. The van der Waals surface area contributed by atoms with Crippen molar-refractivity contribution >= 4 is 17.6 Å². The fraction of sp³-hybridized carbons (Fsp3) is 0.622. The van der Waals surface area contributed by atoms with Gasteiger partial charge in [-0.2, -0.15) is 13.2 Å². The summed E-state index contributed by atoms with van der Waals surface area (Å²) < 4.78 is 70.7. The molecule has 4 aliphatic rings. The first-order chi connectivity index (χ1) is 23.4. The van der Waals surface area contributed by atoms with Crippen molar-refractivity contribution in [2.24, 2.45) is 5.92 Å². The highest BCUT2D eigenvalue weighted by atomic mass is 19.4. The lowest BCUT2D eigenvalue weighted by atomic mass is 9.85. The second-order valence-corrected chi connectivity index (χ2v) is 14.1. The monoisotopic (exact) mass is 689 g/mol. The van der Waals surface area contributed by atoms with Gasteiger partial charge in [0.25, 0.3) is 5.91 Å². The summed E-state index contributed by atoms with van der Waals surface area (Å²) in [6.07, 6.45) is 0.587. The molecule has 268 valence electrons. The molecule has 0 aromatic heterocycles. The number of amides is 1. The van der Waals surface area contributed by atoms with Crippen LogP contribution in [0.1, 0.15) is 80.4 Å². The van der Waals surface area contributed by atoms with Gasteiger partial charge in [0.1, 0.15) is 5.75 Å².